The van der Waals surface area contributed by atoms with Gasteiger partial charge in [0.15, 0.2) is 6.29 Å². The van der Waals surface area contributed by atoms with Gasteiger partial charge in [-0.1, -0.05) is 0 Å². The van der Waals surface area contributed by atoms with Crippen LogP contribution in [-0.4, -0.2) is 65.6 Å². The smallest absolute Gasteiger partial charge is 0.217 e. The summed E-state index contributed by atoms with van der Waals surface area (Å²) in [5.74, 6) is -0.300. The van der Waals surface area contributed by atoms with Crippen LogP contribution in [-0.2, 0) is 19.0 Å². The SMILES string of the molecule is CC(=O)NC1C(O)[C@H](OC(C)C)C(CO)O[C@H]1OC(C)C. The third kappa shape index (κ3) is 5.19. The van der Waals surface area contributed by atoms with Crippen molar-refractivity contribution >= 4 is 5.91 Å². The second-order valence-corrected chi connectivity index (χ2v) is 5.78. The predicted octanol–water partition coefficient (Wildman–Crippen LogP) is -0.212. The molecule has 0 aromatic heterocycles. The molecule has 1 aliphatic heterocycles. The van der Waals surface area contributed by atoms with Gasteiger partial charge in [0, 0.05) is 6.92 Å². The second kappa shape index (κ2) is 8.05. The van der Waals surface area contributed by atoms with Crippen molar-refractivity contribution in [2.24, 2.45) is 0 Å². The Morgan fingerprint density at radius 1 is 1.24 bits per heavy atom. The van der Waals surface area contributed by atoms with Gasteiger partial charge >= 0.3 is 0 Å². The first-order valence-electron chi connectivity index (χ1n) is 7.28. The van der Waals surface area contributed by atoms with E-state index in [1.807, 2.05) is 27.7 Å². The molecule has 1 fully saturated rings. The van der Waals surface area contributed by atoms with Crippen LogP contribution in [0.5, 0.6) is 0 Å². The van der Waals surface area contributed by atoms with Crippen LogP contribution < -0.4 is 5.32 Å². The average molecular weight is 305 g/mol. The number of rotatable bonds is 6. The van der Waals surface area contributed by atoms with Gasteiger partial charge in [-0.15, -0.1) is 0 Å². The lowest BCUT2D eigenvalue weighted by atomic mass is 9.96. The number of ether oxygens (including phenoxy) is 3. The van der Waals surface area contributed by atoms with Gasteiger partial charge in [0.1, 0.15) is 24.4 Å². The molecule has 1 aliphatic rings. The Morgan fingerprint density at radius 2 is 1.81 bits per heavy atom. The Labute approximate surface area is 125 Å². The van der Waals surface area contributed by atoms with Gasteiger partial charge < -0.3 is 29.7 Å². The molecule has 1 saturated heterocycles. The van der Waals surface area contributed by atoms with Crippen molar-refractivity contribution in [2.75, 3.05) is 6.61 Å². The number of carbonyl (C=O) groups excluding carboxylic acids is 1. The van der Waals surface area contributed by atoms with Crippen molar-refractivity contribution in [3.05, 3.63) is 0 Å². The molecule has 0 spiro atoms. The van der Waals surface area contributed by atoms with E-state index in [2.05, 4.69) is 5.32 Å². The number of hydrogen-bond acceptors (Lipinski definition) is 6. The monoisotopic (exact) mass is 305 g/mol. The highest BCUT2D eigenvalue weighted by Gasteiger charge is 2.47. The molecule has 0 aromatic carbocycles. The largest absolute Gasteiger partial charge is 0.394 e. The second-order valence-electron chi connectivity index (χ2n) is 5.78. The first-order valence-corrected chi connectivity index (χ1v) is 7.28. The Hall–Kier alpha value is -0.730. The maximum absolute atomic E-state index is 11.3. The van der Waals surface area contributed by atoms with Crippen molar-refractivity contribution in [3.8, 4) is 0 Å². The summed E-state index contributed by atoms with van der Waals surface area (Å²) in [6, 6.07) is -0.753. The first kappa shape index (κ1) is 18.3. The normalized spacial score (nSPS) is 33.5. The number of hydrogen-bond donors (Lipinski definition) is 3. The molecule has 1 amide bonds. The average Bonchev–Trinajstić information content (AvgIpc) is 2.35. The summed E-state index contributed by atoms with van der Waals surface area (Å²) in [4.78, 5) is 11.3. The van der Waals surface area contributed by atoms with Crippen LogP contribution in [0, 0.1) is 0 Å². The van der Waals surface area contributed by atoms with Gasteiger partial charge in [0.05, 0.1) is 18.8 Å². The van der Waals surface area contributed by atoms with Crippen LogP contribution in [0.25, 0.3) is 0 Å². The lowest BCUT2D eigenvalue weighted by Crippen LogP contribution is -2.65. The van der Waals surface area contributed by atoms with Crippen LogP contribution in [0.2, 0.25) is 0 Å². The van der Waals surface area contributed by atoms with Crippen LogP contribution in [0.1, 0.15) is 34.6 Å². The lowest BCUT2D eigenvalue weighted by Gasteiger charge is -2.45. The molecular weight excluding hydrogens is 278 g/mol. The van der Waals surface area contributed by atoms with Crippen molar-refractivity contribution in [1.82, 2.24) is 5.32 Å². The van der Waals surface area contributed by atoms with E-state index in [9.17, 15) is 15.0 Å². The molecule has 3 N–H and O–H groups in total. The number of aliphatic hydroxyl groups is 2. The Balaban J connectivity index is 2.94. The topological polar surface area (TPSA) is 97.3 Å². The molecule has 21 heavy (non-hydrogen) atoms. The molecule has 1 rings (SSSR count). The summed E-state index contributed by atoms with van der Waals surface area (Å²) >= 11 is 0. The minimum atomic E-state index is -1.04. The number of aliphatic hydroxyl groups excluding tert-OH is 2. The van der Waals surface area contributed by atoms with E-state index in [0.717, 1.165) is 0 Å². The van der Waals surface area contributed by atoms with Crippen LogP contribution >= 0.6 is 0 Å². The zero-order valence-corrected chi connectivity index (χ0v) is 13.3. The van der Waals surface area contributed by atoms with Crippen LogP contribution in [0.15, 0.2) is 0 Å². The van der Waals surface area contributed by atoms with E-state index in [0.29, 0.717) is 0 Å². The van der Waals surface area contributed by atoms with Gasteiger partial charge in [0.25, 0.3) is 0 Å². The fourth-order valence-corrected chi connectivity index (χ4v) is 2.32. The third-order valence-corrected chi connectivity index (χ3v) is 3.06. The van der Waals surface area contributed by atoms with Crippen molar-refractivity contribution in [1.29, 1.82) is 0 Å². The molecule has 0 saturated carbocycles. The molecule has 0 radical (unpaired) electrons. The standard InChI is InChI=1S/C14H27NO6/c1-7(2)19-13-10(6-16)21-14(20-8(3)4)11(12(13)18)15-9(5)17/h7-8,10-14,16,18H,6H2,1-5H3,(H,15,17)/t10?,11?,12?,13-,14-/m1/s1. The maximum Gasteiger partial charge on any atom is 0.217 e. The fourth-order valence-electron chi connectivity index (χ4n) is 2.32. The molecule has 3 unspecified atom stereocenters. The van der Waals surface area contributed by atoms with Gasteiger partial charge in [-0.2, -0.15) is 0 Å². The number of nitrogens with one attached hydrogen (secondary N) is 1. The number of amides is 1. The molecule has 0 aromatic rings. The van der Waals surface area contributed by atoms with E-state index in [-0.39, 0.29) is 24.7 Å². The van der Waals surface area contributed by atoms with E-state index >= 15 is 0 Å². The van der Waals surface area contributed by atoms with Crippen LogP contribution in [0.4, 0.5) is 0 Å². The zero-order valence-electron chi connectivity index (χ0n) is 13.3. The predicted molar refractivity (Wildman–Crippen MR) is 75.6 cm³/mol. The van der Waals surface area contributed by atoms with Crippen LogP contribution in [0.3, 0.4) is 0 Å². The molecule has 7 nitrogen and oxygen atoms in total. The molecule has 124 valence electrons. The first-order chi connectivity index (χ1) is 9.76. The molecule has 1 heterocycles. The van der Waals surface area contributed by atoms with Crippen molar-refractivity contribution < 1.29 is 29.2 Å². The summed E-state index contributed by atoms with van der Waals surface area (Å²) in [6.07, 6.45) is -3.63. The minimum Gasteiger partial charge on any atom is -0.394 e. The van der Waals surface area contributed by atoms with Gasteiger partial charge in [-0.05, 0) is 27.7 Å². The number of carbonyl (C=O) groups is 1. The molecule has 0 aliphatic carbocycles. The molecule has 7 heteroatoms. The summed E-state index contributed by atoms with van der Waals surface area (Å²) in [5.41, 5.74) is 0. The highest BCUT2D eigenvalue weighted by atomic mass is 16.7. The zero-order chi connectivity index (χ0) is 16.2. The Morgan fingerprint density at radius 3 is 2.24 bits per heavy atom. The highest BCUT2D eigenvalue weighted by Crippen LogP contribution is 2.26. The van der Waals surface area contributed by atoms with Crippen molar-refractivity contribution in [2.45, 2.75) is 77.5 Å². The van der Waals surface area contributed by atoms with Gasteiger partial charge in [-0.3, -0.25) is 4.79 Å². The van der Waals surface area contributed by atoms with E-state index in [1.165, 1.54) is 6.92 Å². The summed E-state index contributed by atoms with van der Waals surface area (Å²) < 4.78 is 16.9. The highest BCUT2D eigenvalue weighted by molar-refractivity contribution is 5.73. The maximum atomic E-state index is 11.3. The van der Waals surface area contributed by atoms with E-state index < -0.39 is 30.6 Å². The summed E-state index contributed by atoms with van der Waals surface area (Å²) in [7, 11) is 0. The van der Waals surface area contributed by atoms with Gasteiger partial charge in [0.2, 0.25) is 5.91 Å². The van der Waals surface area contributed by atoms with E-state index in [4.69, 9.17) is 14.2 Å². The molecule has 0 bridgehead atoms. The summed E-state index contributed by atoms with van der Waals surface area (Å²) in [5, 5.41) is 22.6. The molecular formula is C14H27NO6. The fraction of sp³-hybridized carbons (Fsp3) is 0.929. The van der Waals surface area contributed by atoms with Crippen molar-refractivity contribution in [3.63, 3.8) is 0 Å². The quantitative estimate of drug-likeness (QED) is 0.628. The summed E-state index contributed by atoms with van der Waals surface area (Å²) in [6.45, 7) is 8.35. The van der Waals surface area contributed by atoms with Gasteiger partial charge in [-0.25, -0.2) is 0 Å². The lowest BCUT2D eigenvalue weighted by molar-refractivity contribution is -0.289. The Kier molecular flexibility index (Phi) is 7.02. The minimum absolute atomic E-state index is 0.150. The molecule has 5 atom stereocenters. The third-order valence-electron chi connectivity index (χ3n) is 3.06. The van der Waals surface area contributed by atoms with E-state index in [1.54, 1.807) is 0 Å². The Bertz CT molecular complexity index is 335.